The van der Waals surface area contributed by atoms with E-state index < -0.39 is 0 Å². The quantitative estimate of drug-likeness (QED) is 0.665. The molecule has 0 aliphatic rings. The van der Waals surface area contributed by atoms with E-state index in [1.54, 1.807) is 13.3 Å². The van der Waals surface area contributed by atoms with Crippen LogP contribution in [0.15, 0.2) is 54.7 Å². The molecule has 2 N–H and O–H groups in total. The van der Waals surface area contributed by atoms with E-state index in [0.717, 1.165) is 33.4 Å². The first-order valence-corrected chi connectivity index (χ1v) is 8.25. The summed E-state index contributed by atoms with van der Waals surface area (Å²) in [5.41, 5.74) is 3.08. The van der Waals surface area contributed by atoms with Crippen LogP contribution in [0.1, 0.15) is 11.1 Å². The largest absolute Gasteiger partial charge is 0.495 e. The van der Waals surface area contributed by atoms with Crippen molar-refractivity contribution >= 4 is 29.1 Å². The van der Waals surface area contributed by atoms with Gasteiger partial charge in [-0.2, -0.15) is 4.98 Å². The van der Waals surface area contributed by atoms with Crippen LogP contribution < -0.4 is 15.4 Å². The molecule has 0 saturated heterocycles. The van der Waals surface area contributed by atoms with Crippen LogP contribution in [0.5, 0.6) is 5.75 Å². The van der Waals surface area contributed by atoms with Crippen molar-refractivity contribution < 1.29 is 4.74 Å². The maximum absolute atomic E-state index is 5.90. The molecule has 0 unspecified atom stereocenters. The number of hydrogen-bond acceptors (Lipinski definition) is 5. The second-order valence-corrected chi connectivity index (χ2v) is 6.01. The van der Waals surface area contributed by atoms with Crippen LogP contribution in [-0.4, -0.2) is 17.1 Å². The summed E-state index contributed by atoms with van der Waals surface area (Å²) in [4.78, 5) is 8.76. The average Bonchev–Trinajstić information content (AvgIpc) is 2.62. The smallest absolute Gasteiger partial charge is 0.229 e. The number of nitrogens with one attached hydrogen (secondary N) is 2. The van der Waals surface area contributed by atoms with Gasteiger partial charge in [0.1, 0.15) is 11.6 Å². The summed E-state index contributed by atoms with van der Waals surface area (Å²) in [5.74, 6) is 1.98. The highest BCUT2D eigenvalue weighted by Crippen LogP contribution is 2.27. The number of methoxy groups -OCH3 is 1. The van der Waals surface area contributed by atoms with Crippen molar-refractivity contribution in [1.29, 1.82) is 0 Å². The number of hydrogen-bond donors (Lipinski definition) is 2. The van der Waals surface area contributed by atoms with Crippen molar-refractivity contribution in [3.63, 3.8) is 0 Å². The second-order valence-electron chi connectivity index (χ2n) is 5.57. The first-order valence-electron chi connectivity index (χ1n) is 7.87. The first-order chi connectivity index (χ1) is 12.1. The van der Waals surface area contributed by atoms with Gasteiger partial charge in [-0.25, -0.2) is 4.98 Å². The van der Waals surface area contributed by atoms with Gasteiger partial charge in [-0.3, -0.25) is 0 Å². The van der Waals surface area contributed by atoms with E-state index in [4.69, 9.17) is 16.3 Å². The zero-order valence-corrected chi connectivity index (χ0v) is 14.8. The van der Waals surface area contributed by atoms with Crippen LogP contribution in [0, 0.1) is 6.92 Å². The van der Waals surface area contributed by atoms with E-state index >= 15 is 0 Å². The predicted octanol–water partition coefficient (Wildman–Crippen LogP) is 4.80. The third-order valence-electron chi connectivity index (χ3n) is 3.64. The summed E-state index contributed by atoms with van der Waals surface area (Å²) in [6.07, 6.45) is 1.71. The molecule has 0 spiro atoms. The Morgan fingerprint density at radius 1 is 1.08 bits per heavy atom. The molecule has 0 radical (unpaired) electrons. The van der Waals surface area contributed by atoms with Crippen LogP contribution in [0.3, 0.4) is 0 Å². The van der Waals surface area contributed by atoms with Gasteiger partial charge >= 0.3 is 0 Å². The highest BCUT2D eigenvalue weighted by Gasteiger charge is 2.06. The van der Waals surface area contributed by atoms with Gasteiger partial charge in [0.25, 0.3) is 0 Å². The van der Waals surface area contributed by atoms with E-state index in [-0.39, 0.29) is 0 Å². The molecule has 3 rings (SSSR count). The minimum atomic E-state index is 0.505. The summed E-state index contributed by atoms with van der Waals surface area (Å²) >= 11 is 5.90. The fourth-order valence-corrected chi connectivity index (χ4v) is 2.48. The van der Waals surface area contributed by atoms with Gasteiger partial charge in [-0.1, -0.05) is 29.8 Å². The Hall–Kier alpha value is -2.79. The van der Waals surface area contributed by atoms with E-state index in [9.17, 15) is 0 Å². The van der Waals surface area contributed by atoms with Crippen molar-refractivity contribution in [3.8, 4) is 5.75 Å². The topological polar surface area (TPSA) is 59.1 Å². The number of aromatic nitrogens is 2. The van der Waals surface area contributed by atoms with Crippen LogP contribution in [0.25, 0.3) is 0 Å². The first kappa shape index (κ1) is 17.0. The molecular weight excluding hydrogens is 336 g/mol. The Labute approximate surface area is 152 Å². The van der Waals surface area contributed by atoms with Crippen molar-refractivity contribution in [1.82, 2.24) is 9.97 Å². The molecule has 0 fully saturated rings. The maximum Gasteiger partial charge on any atom is 0.229 e. The van der Waals surface area contributed by atoms with Gasteiger partial charge in [0.15, 0.2) is 0 Å². The molecule has 0 aliphatic carbocycles. The van der Waals surface area contributed by atoms with Crippen LogP contribution in [-0.2, 0) is 6.54 Å². The normalized spacial score (nSPS) is 10.4. The lowest BCUT2D eigenvalue weighted by Gasteiger charge is -2.12. The summed E-state index contributed by atoms with van der Waals surface area (Å²) in [6, 6.07) is 15.4. The number of rotatable bonds is 6. The molecule has 0 atom stereocenters. The summed E-state index contributed by atoms with van der Waals surface area (Å²) in [5, 5.41) is 7.21. The Morgan fingerprint density at radius 2 is 1.88 bits per heavy atom. The molecule has 3 aromatic rings. The van der Waals surface area contributed by atoms with Gasteiger partial charge in [0.05, 0.1) is 12.8 Å². The standard InChI is InChI=1S/C19H19ClN4O/c1-13-3-8-17(25-2)16(11-13)23-19-21-10-9-18(24-19)22-12-14-4-6-15(20)7-5-14/h3-11H,12H2,1-2H3,(H2,21,22,23,24). The molecular formula is C19H19ClN4O. The van der Waals surface area contributed by atoms with Crippen molar-refractivity contribution in [2.24, 2.45) is 0 Å². The summed E-state index contributed by atoms with van der Waals surface area (Å²) in [7, 11) is 1.64. The number of ether oxygens (including phenoxy) is 1. The maximum atomic E-state index is 5.90. The monoisotopic (exact) mass is 354 g/mol. The Balaban J connectivity index is 1.71. The third kappa shape index (κ3) is 4.61. The fourth-order valence-electron chi connectivity index (χ4n) is 2.35. The third-order valence-corrected chi connectivity index (χ3v) is 3.90. The molecule has 0 aliphatic heterocycles. The zero-order valence-electron chi connectivity index (χ0n) is 14.1. The Bertz CT molecular complexity index is 852. The van der Waals surface area contributed by atoms with Gasteiger partial charge in [0.2, 0.25) is 5.95 Å². The van der Waals surface area contributed by atoms with E-state index in [2.05, 4.69) is 20.6 Å². The zero-order chi connectivity index (χ0) is 17.6. The van der Waals surface area contributed by atoms with Gasteiger partial charge in [0, 0.05) is 17.8 Å². The molecule has 1 heterocycles. The molecule has 5 nitrogen and oxygen atoms in total. The lowest BCUT2D eigenvalue weighted by Crippen LogP contribution is -2.04. The number of aryl methyl sites for hydroxylation is 1. The molecule has 6 heteroatoms. The molecule has 0 amide bonds. The van der Waals surface area contributed by atoms with Gasteiger partial charge < -0.3 is 15.4 Å². The Kier molecular flexibility index (Phi) is 5.36. The van der Waals surface area contributed by atoms with Crippen molar-refractivity contribution in [2.75, 3.05) is 17.7 Å². The minimum Gasteiger partial charge on any atom is -0.495 e. The van der Waals surface area contributed by atoms with Gasteiger partial charge in [-0.15, -0.1) is 0 Å². The summed E-state index contributed by atoms with van der Waals surface area (Å²) < 4.78 is 5.37. The second kappa shape index (κ2) is 7.85. The van der Waals surface area contributed by atoms with Crippen molar-refractivity contribution in [2.45, 2.75) is 13.5 Å². The SMILES string of the molecule is COc1ccc(C)cc1Nc1nccc(NCc2ccc(Cl)cc2)n1. The fraction of sp³-hybridized carbons (Fsp3) is 0.158. The van der Waals surface area contributed by atoms with Crippen LogP contribution in [0.2, 0.25) is 5.02 Å². The van der Waals surface area contributed by atoms with Crippen LogP contribution >= 0.6 is 11.6 Å². The van der Waals surface area contributed by atoms with Crippen molar-refractivity contribution in [3.05, 3.63) is 70.9 Å². The number of nitrogens with zero attached hydrogens (tertiary/aromatic N) is 2. The molecule has 2 aromatic carbocycles. The highest BCUT2D eigenvalue weighted by atomic mass is 35.5. The lowest BCUT2D eigenvalue weighted by atomic mass is 10.2. The molecule has 0 bridgehead atoms. The van der Waals surface area contributed by atoms with E-state index in [1.165, 1.54) is 0 Å². The van der Waals surface area contributed by atoms with Gasteiger partial charge in [-0.05, 0) is 48.4 Å². The number of benzene rings is 2. The molecule has 1 aromatic heterocycles. The average molecular weight is 355 g/mol. The summed E-state index contributed by atoms with van der Waals surface area (Å²) in [6.45, 7) is 2.68. The lowest BCUT2D eigenvalue weighted by molar-refractivity contribution is 0.416. The predicted molar refractivity (Wildman–Crippen MR) is 102 cm³/mol. The van der Waals surface area contributed by atoms with E-state index in [1.807, 2.05) is 55.5 Å². The minimum absolute atomic E-state index is 0.505. The van der Waals surface area contributed by atoms with E-state index in [0.29, 0.717) is 12.5 Å². The molecule has 128 valence electrons. The van der Waals surface area contributed by atoms with Crippen LogP contribution in [0.4, 0.5) is 17.5 Å². The number of anilines is 3. The number of halogens is 1. The molecule has 25 heavy (non-hydrogen) atoms. The molecule has 0 saturated carbocycles. The Morgan fingerprint density at radius 3 is 2.64 bits per heavy atom. The highest BCUT2D eigenvalue weighted by molar-refractivity contribution is 6.30.